The molecule has 0 aromatic heterocycles. The third kappa shape index (κ3) is 3.93. The fourth-order valence-corrected chi connectivity index (χ4v) is 2.39. The molecule has 1 saturated carbocycles. The summed E-state index contributed by atoms with van der Waals surface area (Å²) in [6.07, 6.45) is 5.09. The number of anilines is 1. The van der Waals surface area contributed by atoms with Gasteiger partial charge in [0.1, 0.15) is 0 Å². The molecule has 5 heteroatoms. The first kappa shape index (κ1) is 14.8. The van der Waals surface area contributed by atoms with E-state index in [0.29, 0.717) is 6.61 Å². The number of nitrogens with one attached hydrogen (secondary N) is 1. The summed E-state index contributed by atoms with van der Waals surface area (Å²) in [7, 11) is 0. The van der Waals surface area contributed by atoms with E-state index in [1.807, 2.05) is 6.92 Å². The third-order valence-corrected chi connectivity index (χ3v) is 3.82. The summed E-state index contributed by atoms with van der Waals surface area (Å²) in [6.45, 7) is 3.95. The van der Waals surface area contributed by atoms with E-state index in [1.54, 1.807) is 12.1 Å². The van der Waals surface area contributed by atoms with Gasteiger partial charge in [-0.25, -0.2) is 0 Å². The zero-order chi connectivity index (χ0) is 14.4. The minimum atomic E-state index is -0.367. The van der Waals surface area contributed by atoms with Gasteiger partial charge in [0.05, 0.1) is 11.5 Å². The Bertz CT molecular complexity index is 458. The van der Waals surface area contributed by atoms with Crippen LogP contribution in [0.25, 0.3) is 0 Å². The van der Waals surface area contributed by atoms with Gasteiger partial charge in [-0.1, -0.05) is 19.3 Å². The number of hydrogen-bond acceptors (Lipinski definition) is 4. The molecule has 0 radical (unpaired) electrons. The maximum absolute atomic E-state index is 10.8. The van der Waals surface area contributed by atoms with E-state index in [2.05, 4.69) is 5.32 Å². The van der Waals surface area contributed by atoms with Crippen LogP contribution in [0.5, 0.6) is 0 Å². The predicted octanol–water partition coefficient (Wildman–Crippen LogP) is 3.73. The van der Waals surface area contributed by atoms with Gasteiger partial charge < -0.3 is 10.1 Å². The van der Waals surface area contributed by atoms with Crippen LogP contribution in [-0.2, 0) is 11.3 Å². The lowest BCUT2D eigenvalue weighted by atomic mass is 9.83. The Balaban J connectivity index is 1.91. The van der Waals surface area contributed by atoms with Gasteiger partial charge in [0.2, 0.25) is 0 Å². The Kier molecular flexibility index (Phi) is 5.35. The monoisotopic (exact) mass is 278 g/mol. The molecule has 2 rings (SSSR count). The van der Waals surface area contributed by atoms with Crippen molar-refractivity contribution in [2.24, 2.45) is 5.92 Å². The number of non-ortho nitro benzene ring substituents is 1. The van der Waals surface area contributed by atoms with Crippen molar-refractivity contribution in [1.29, 1.82) is 0 Å². The Morgan fingerprint density at radius 2 is 2.25 bits per heavy atom. The van der Waals surface area contributed by atoms with E-state index in [4.69, 9.17) is 4.74 Å². The highest BCUT2D eigenvalue weighted by Crippen LogP contribution is 2.29. The smallest absolute Gasteiger partial charge is 0.269 e. The molecule has 5 nitrogen and oxygen atoms in total. The van der Waals surface area contributed by atoms with E-state index >= 15 is 0 Å². The second kappa shape index (κ2) is 7.24. The second-order valence-corrected chi connectivity index (χ2v) is 5.27. The van der Waals surface area contributed by atoms with Crippen LogP contribution >= 0.6 is 0 Å². The van der Waals surface area contributed by atoms with E-state index in [9.17, 15) is 10.1 Å². The van der Waals surface area contributed by atoms with Gasteiger partial charge >= 0.3 is 0 Å². The highest BCUT2D eigenvalue weighted by Gasteiger charge is 2.17. The maximum atomic E-state index is 10.8. The molecule has 0 heterocycles. The molecule has 0 spiro atoms. The van der Waals surface area contributed by atoms with Crippen molar-refractivity contribution >= 4 is 11.4 Å². The van der Waals surface area contributed by atoms with Crippen LogP contribution in [0.3, 0.4) is 0 Å². The number of nitro groups is 1. The highest BCUT2D eigenvalue weighted by molar-refractivity contribution is 5.55. The lowest BCUT2D eigenvalue weighted by molar-refractivity contribution is -0.384. The lowest BCUT2D eigenvalue weighted by Crippen LogP contribution is -2.13. The molecule has 1 aliphatic rings. The maximum Gasteiger partial charge on any atom is 0.269 e. The van der Waals surface area contributed by atoms with Gasteiger partial charge in [-0.2, -0.15) is 0 Å². The number of nitrogens with zero attached hydrogens (tertiary/aromatic N) is 1. The van der Waals surface area contributed by atoms with Crippen LogP contribution in [-0.4, -0.2) is 18.1 Å². The molecule has 0 aliphatic heterocycles. The molecule has 20 heavy (non-hydrogen) atoms. The average molecular weight is 278 g/mol. The Morgan fingerprint density at radius 3 is 2.85 bits per heavy atom. The van der Waals surface area contributed by atoms with Crippen molar-refractivity contribution in [3.05, 3.63) is 33.9 Å². The van der Waals surface area contributed by atoms with Crippen molar-refractivity contribution in [1.82, 2.24) is 0 Å². The zero-order valence-electron chi connectivity index (χ0n) is 11.9. The van der Waals surface area contributed by atoms with E-state index in [-0.39, 0.29) is 10.6 Å². The second-order valence-electron chi connectivity index (χ2n) is 5.27. The fraction of sp³-hybridized carbons (Fsp3) is 0.600. The number of nitro benzene ring substituents is 1. The molecule has 0 saturated heterocycles. The molecule has 1 N–H and O–H groups in total. The van der Waals surface area contributed by atoms with E-state index in [1.165, 1.54) is 25.3 Å². The summed E-state index contributed by atoms with van der Waals surface area (Å²) in [5, 5.41) is 14.0. The van der Waals surface area contributed by atoms with Crippen molar-refractivity contribution in [3.63, 3.8) is 0 Å². The Labute approximate surface area is 119 Å². The van der Waals surface area contributed by atoms with Crippen molar-refractivity contribution in [2.75, 3.05) is 18.5 Å². The largest absolute Gasteiger partial charge is 0.385 e. The summed E-state index contributed by atoms with van der Waals surface area (Å²) < 4.78 is 5.69. The SMILES string of the molecule is CCNc1ccc([N+](=O)[O-])cc1COCCC1CCC1. The zero-order valence-corrected chi connectivity index (χ0v) is 11.9. The molecule has 0 unspecified atom stereocenters. The molecule has 1 fully saturated rings. The quantitative estimate of drug-likeness (QED) is 0.447. The van der Waals surface area contributed by atoms with E-state index < -0.39 is 0 Å². The summed E-state index contributed by atoms with van der Waals surface area (Å²) in [5.74, 6) is 0.827. The molecular weight excluding hydrogens is 256 g/mol. The van der Waals surface area contributed by atoms with Crippen LogP contribution in [0.4, 0.5) is 11.4 Å². The van der Waals surface area contributed by atoms with Crippen molar-refractivity contribution in [3.8, 4) is 0 Å². The summed E-state index contributed by atoms with van der Waals surface area (Å²) >= 11 is 0. The minimum absolute atomic E-state index is 0.115. The topological polar surface area (TPSA) is 64.4 Å². The molecule has 110 valence electrons. The van der Waals surface area contributed by atoms with Gasteiger partial charge in [-0.15, -0.1) is 0 Å². The molecular formula is C15H22N2O3. The van der Waals surface area contributed by atoms with Crippen LogP contribution < -0.4 is 5.32 Å². The number of benzene rings is 1. The van der Waals surface area contributed by atoms with Crippen LogP contribution in [0.15, 0.2) is 18.2 Å². The van der Waals surface area contributed by atoms with Crippen molar-refractivity contribution in [2.45, 2.75) is 39.2 Å². The van der Waals surface area contributed by atoms with Crippen LogP contribution in [0.2, 0.25) is 0 Å². The first-order valence-electron chi connectivity index (χ1n) is 7.29. The van der Waals surface area contributed by atoms with Gasteiger partial charge in [-0.05, 0) is 25.3 Å². The molecule has 0 amide bonds. The highest BCUT2D eigenvalue weighted by atomic mass is 16.6. The van der Waals surface area contributed by atoms with Gasteiger partial charge in [0, 0.05) is 36.5 Å². The minimum Gasteiger partial charge on any atom is -0.385 e. The van der Waals surface area contributed by atoms with Gasteiger partial charge in [0.25, 0.3) is 5.69 Å². The first-order valence-corrected chi connectivity index (χ1v) is 7.29. The number of hydrogen-bond donors (Lipinski definition) is 1. The summed E-state index contributed by atoms with van der Waals surface area (Å²) in [4.78, 5) is 10.5. The lowest BCUT2D eigenvalue weighted by Gasteiger charge is -2.24. The predicted molar refractivity (Wildman–Crippen MR) is 78.9 cm³/mol. The summed E-state index contributed by atoms with van der Waals surface area (Å²) in [5.41, 5.74) is 1.89. The molecule has 1 aliphatic carbocycles. The Hall–Kier alpha value is -1.62. The van der Waals surface area contributed by atoms with Crippen LogP contribution in [0.1, 0.15) is 38.2 Å². The Morgan fingerprint density at radius 1 is 1.45 bits per heavy atom. The summed E-state index contributed by atoms with van der Waals surface area (Å²) in [6, 6.07) is 4.88. The fourth-order valence-electron chi connectivity index (χ4n) is 2.39. The molecule has 1 aromatic carbocycles. The molecule has 0 atom stereocenters. The first-order chi connectivity index (χ1) is 9.70. The number of ether oxygens (including phenoxy) is 1. The van der Waals surface area contributed by atoms with Gasteiger partial charge in [0.15, 0.2) is 0 Å². The molecule has 1 aromatic rings. The van der Waals surface area contributed by atoms with Gasteiger partial charge in [-0.3, -0.25) is 10.1 Å². The number of rotatable bonds is 8. The van der Waals surface area contributed by atoms with E-state index in [0.717, 1.165) is 36.7 Å². The normalized spacial score (nSPS) is 14.8. The van der Waals surface area contributed by atoms with Crippen molar-refractivity contribution < 1.29 is 9.66 Å². The van der Waals surface area contributed by atoms with Crippen LogP contribution in [0, 0.1) is 16.0 Å². The third-order valence-electron chi connectivity index (χ3n) is 3.82. The standard InChI is InChI=1S/C15H22N2O3/c1-2-16-15-7-6-14(17(18)19)10-13(15)11-20-9-8-12-4-3-5-12/h6-7,10,12,16H,2-5,8-9,11H2,1H3. The molecule has 0 bridgehead atoms. The average Bonchev–Trinajstić information content (AvgIpc) is 2.38.